The highest BCUT2D eigenvalue weighted by Crippen LogP contribution is 2.23. The number of aromatic nitrogens is 3. The fourth-order valence-corrected chi connectivity index (χ4v) is 3.35. The first-order valence-electron chi connectivity index (χ1n) is 9.61. The maximum atomic E-state index is 13.3. The first-order valence-corrected chi connectivity index (χ1v) is 9.61. The van der Waals surface area contributed by atoms with Crippen molar-refractivity contribution in [3.05, 3.63) is 65.2 Å². The third kappa shape index (κ3) is 3.60. The van der Waals surface area contributed by atoms with Gasteiger partial charge in [0.2, 0.25) is 0 Å². The van der Waals surface area contributed by atoms with Gasteiger partial charge in [-0.05, 0) is 42.0 Å². The van der Waals surface area contributed by atoms with Gasteiger partial charge in [0, 0.05) is 53.6 Å². The molecule has 5 nitrogen and oxygen atoms in total. The zero-order chi connectivity index (χ0) is 19.7. The molecule has 4 aromatic rings. The first-order chi connectivity index (χ1) is 13.5. The normalized spacial score (nSPS) is 11.4. The molecule has 1 N–H and O–H groups in total. The van der Waals surface area contributed by atoms with Gasteiger partial charge in [-0.1, -0.05) is 26.0 Å². The average Bonchev–Trinajstić information content (AvgIpc) is 3.06. The number of rotatable bonds is 5. The number of nitrogens with one attached hydrogen (secondary N) is 1. The SMILES string of the molecule is CC(C)CCNc1ccc2ccc3ncc(-c4cnn(C)c4)cc3c(=O)c2c1. The summed E-state index contributed by atoms with van der Waals surface area (Å²) in [6.07, 6.45) is 6.59. The predicted molar refractivity (Wildman–Crippen MR) is 116 cm³/mol. The summed E-state index contributed by atoms with van der Waals surface area (Å²) in [5.74, 6) is 0.641. The Labute approximate surface area is 164 Å². The van der Waals surface area contributed by atoms with Gasteiger partial charge in [-0.3, -0.25) is 14.5 Å². The van der Waals surface area contributed by atoms with Crippen LogP contribution in [0.1, 0.15) is 20.3 Å². The van der Waals surface area contributed by atoms with Gasteiger partial charge in [0.05, 0.1) is 11.7 Å². The lowest BCUT2D eigenvalue weighted by molar-refractivity contribution is 0.607. The van der Waals surface area contributed by atoms with Crippen LogP contribution in [-0.2, 0) is 7.05 Å². The largest absolute Gasteiger partial charge is 0.385 e. The van der Waals surface area contributed by atoms with Gasteiger partial charge in [0.1, 0.15) is 0 Å². The fraction of sp³-hybridized carbons (Fsp3) is 0.261. The van der Waals surface area contributed by atoms with Gasteiger partial charge in [-0.25, -0.2) is 0 Å². The Balaban J connectivity index is 1.83. The van der Waals surface area contributed by atoms with E-state index in [-0.39, 0.29) is 5.43 Å². The van der Waals surface area contributed by atoms with E-state index in [1.807, 2.05) is 49.6 Å². The van der Waals surface area contributed by atoms with Crippen LogP contribution < -0.4 is 10.7 Å². The number of pyridine rings is 1. The van der Waals surface area contributed by atoms with Gasteiger partial charge in [0.25, 0.3) is 0 Å². The van der Waals surface area contributed by atoms with Crippen LogP contribution in [-0.4, -0.2) is 21.3 Å². The molecular formula is C23H24N4O. The molecule has 0 bridgehead atoms. The van der Waals surface area contributed by atoms with Crippen LogP contribution in [0.3, 0.4) is 0 Å². The summed E-state index contributed by atoms with van der Waals surface area (Å²) in [5.41, 5.74) is 3.51. The van der Waals surface area contributed by atoms with Crippen molar-refractivity contribution in [3.8, 4) is 11.1 Å². The van der Waals surface area contributed by atoms with Gasteiger partial charge in [-0.15, -0.1) is 0 Å². The van der Waals surface area contributed by atoms with E-state index in [1.165, 1.54) is 0 Å². The standard InChI is InChI=1S/C23H24N4O/c1-15(2)8-9-24-19-6-4-16-5-7-22-21(23(28)20(16)11-19)10-17(12-25-22)18-13-26-27(3)14-18/h4-7,10-15,24H,8-9H2,1-3H3. The predicted octanol–water partition coefficient (Wildman–Crippen LogP) is 4.61. The van der Waals surface area contributed by atoms with Crippen LogP contribution in [0.25, 0.3) is 32.8 Å². The second kappa shape index (κ2) is 7.43. The molecule has 142 valence electrons. The van der Waals surface area contributed by atoms with E-state index in [1.54, 1.807) is 17.1 Å². The Morgan fingerprint density at radius 2 is 1.86 bits per heavy atom. The van der Waals surface area contributed by atoms with E-state index < -0.39 is 0 Å². The highest BCUT2D eigenvalue weighted by molar-refractivity contribution is 5.94. The van der Waals surface area contributed by atoms with Crippen LogP contribution in [0.2, 0.25) is 0 Å². The third-order valence-electron chi connectivity index (χ3n) is 4.97. The minimum absolute atomic E-state index is 0.000694. The second-order valence-corrected chi connectivity index (χ2v) is 7.63. The molecule has 0 atom stereocenters. The van der Waals surface area contributed by atoms with Crippen molar-refractivity contribution < 1.29 is 0 Å². The molecule has 5 heteroatoms. The smallest absolute Gasteiger partial charge is 0.195 e. The number of hydrogen-bond acceptors (Lipinski definition) is 4. The van der Waals surface area contributed by atoms with Gasteiger partial charge in [0.15, 0.2) is 5.43 Å². The molecule has 0 amide bonds. The van der Waals surface area contributed by atoms with E-state index in [4.69, 9.17) is 0 Å². The molecule has 28 heavy (non-hydrogen) atoms. The number of aryl methyl sites for hydroxylation is 1. The van der Waals surface area contributed by atoms with Crippen LogP contribution in [0.15, 0.2) is 59.8 Å². The summed E-state index contributed by atoms with van der Waals surface area (Å²) >= 11 is 0. The summed E-state index contributed by atoms with van der Waals surface area (Å²) < 4.78 is 1.74. The lowest BCUT2D eigenvalue weighted by Gasteiger charge is -2.08. The average molecular weight is 372 g/mol. The molecule has 0 fully saturated rings. The molecule has 0 saturated carbocycles. The zero-order valence-electron chi connectivity index (χ0n) is 16.4. The van der Waals surface area contributed by atoms with E-state index in [9.17, 15) is 4.79 Å². The Kier molecular flexibility index (Phi) is 4.82. The lowest BCUT2D eigenvalue weighted by atomic mass is 10.1. The van der Waals surface area contributed by atoms with Crippen LogP contribution in [0.4, 0.5) is 5.69 Å². The number of anilines is 1. The van der Waals surface area contributed by atoms with E-state index in [0.29, 0.717) is 22.2 Å². The topological polar surface area (TPSA) is 59.8 Å². The lowest BCUT2D eigenvalue weighted by Crippen LogP contribution is -2.05. The molecule has 0 aliphatic heterocycles. The second-order valence-electron chi connectivity index (χ2n) is 7.63. The van der Waals surface area contributed by atoms with Crippen LogP contribution >= 0.6 is 0 Å². The van der Waals surface area contributed by atoms with Crippen molar-refractivity contribution in [2.75, 3.05) is 11.9 Å². The Morgan fingerprint density at radius 1 is 1.04 bits per heavy atom. The maximum absolute atomic E-state index is 13.3. The third-order valence-corrected chi connectivity index (χ3v) is 4.97. The minimum Gasteiger partial charge on any atom is -0.385 e. The van der Waals surface area contributed by atoms with Crippen LogP contribution in [0, 0.1) is 5.92 Å². The molecule has 2 aromatic heterocycles. The molecule has 0 aliphatic carbocycles. The number of fused-ring (bicyclic) bond motifs is 2. The van der Waals surface area contributed by atoms with Crippen molar-refractivity contribution in [3.63, 3.8) is 0 Å². The van der Waals surface area contributed by atoms with Gasteiger partial charge in [-0.2, -0.15) is 5.10 Å². The van der Waals surface area contributed by atoms with Crippen molar-refractivity contribution in [1.29, 1.82) is 0 Å². The molecule has 0 aliphatic rings. The molecule has 2 heterocycles. The van der Waals surface area contributed by atoms with Gasteiger partial charge >= 0.3 is 0 Å². The molecule has 0 unspecified atom stereocenters. The van der Waals surface area contributed by atoms with Crippen molar-refractivity contribution >= 4 is 27.4 Å². The van der Waals surface area contributed by atoms with E-state index >= 15 is 0 Å². The summed E-state index contributed by atoms with van der Waals surface area (Å²) in [7, 11) is 1.87. The number of hydrogen-bond donors (Lipinski definition) is 1. The number of benzene rings is 1. The first kappa shape index (κ1) is 18.2. The Morgan fingerprint density at radius 3 is 2.61 bits per heavy atom. The Hall–Kier alpha value is -3.21. The molecule has 0 spiro atoms. The highest BCUT2D eigenvalue weighted by atomic mass is 16.1. The highest BCUT2D eigenvalue weighted by Gasteiger charge is 2.08. The van der Waals surface area contributed by atoms with E-state index in [2.05, 4.69) is 29.2 Å². The monoisotopic (exact) mass is 372 g/mol. The summed E-state index contributed by atoms with van der Waals surface area (Å²) in [6.45, 7) is 5.30. The zero-order valence-corrected chi connectivity index (χ0v) is 16.4. The van der Waals surface area contributed by atoms with Crippen molar-refractivity contribution in [2.24, 2.45) is 13.0 Å². The summed E-state index contributed by atoms with van der Waals surface area (Å²) in [5, 5.41) is 9.88. The molecule has 4 rings (SSSR count). The molecule has 0 saturated heterocycles. The van der Waals surface area contributed by atoms with Crippen molar-refractivity contribution in [2.45, 2.75) is 20.3 Å². The fourth-order valence-electron chi connectivity index (χ4n) is 3.35. The summed E-state index contributed by atoms with van der Waals surface area (Å²) in [4.78, 5) is 17.9. The molecular weight excluding hydrogens is 348 g/mol. The van der Waals surface area contributed by atoms with Gasteiger partial charge < -0.3 is 5.32 Å². The van der Waals surface area contributed by atoms with E-state index in [0.717, 1.165) is 35.2 Å². The van der Waals surface area contributed by atoms with Crippen molar-refractivity contribution in [1.82, 2.24) is 14.8 Å². The maximum Gasteiger partial charge on any atom is 0.195 e. The quantitative estimate of drug-likeness (QED) is 0.556. The summed E-state index contributed by atoms with van der Waals surface area (Å²) in [6, 6.07) is 11.8. The molecule has 0 radical (unpaired) electrons. The van der Waals surface area contributed by atoms with Crippen LogP contribution in [0.5, 0.6) is 0 Å². The molecule has 2 aromatic carbocycles. The minimum atomic E-state index is 0.000694. The number of nitrogens with zero attached hydrogens (tertiary/aromatic N) is 3. The Bertz CT molecular complexity index is 1210.